The summed E-state index contributed by atoms with van der Waals surface area (Å²) < 4.78 is 0. The van der Waals surface area contributed by atoms with Crippen molar-refractivity contribution in [3.8, 4) is 0 Å². The molecule has 5 nitrogen and oxygen atoms in total. The van der Waals surface area contributed by atoms with Crippen LogP contribution in [-0.2, 0) is 4.79 Å². The predicted octanol–water partition coefficient (Wildman–Crippen LogP) is 1.12. The van der Waals surface area contributed by atoms with Crippen LogP contribution < -0.4 is 10.6 Å². The Morgan fingerprint density at radius 2 is 1.95 bits per heavy atom. The van der Waals surface area contributed by atoms with E-state index in [4.69, 9.17) is 17.3 Å². The number of anilines is 1. The van der Waals surface area contributed by atoms with Gasteiger partial charge in [0.25, 0.3) is 0 Å². The van der Waals surface area contributed by atoms with E-state index < -0.39 is 5.54 Å². The van der Waals surface area contributed by atoms with E-state index in [0.717, 1.165) is 18.9 Å². The zero-order valence-electron chi connectivity index (χ0n) is 11.3. The van der Waals surface area contributed by atoms with Crippen molar-refractivity contribution in [1.82, 2.24) is 9.88 Å². The van der Waals surface area contributed by atoms with E-state index in [1.165, 1.54) is 0 Å². The van der Waals surface area contributed by atoms with E-state index in [9.17, 15) is 4.79 Å². The van der Waals surface area contributed by atoms with Crippen LogP contribution in [0.5, 0.6) is 0 Å². The van der Waals surface area contributed by atoms with Gasteiger partial charge in [-0.25, -0.2) is 4.98 Å². The fraction of sp³-hybridized carbons (Fsp3) is 0.538. The summed E-state index contributed by atoms with van der Waals surface area (Å²) in [7, 11) is 0. The maximum Gasteiger partial charge on any atom is 0.242 e. The molecular formula is C13H19ClN4O. The molecule has 1 aromatic heterocycles. The highest BCUT2D eigenvalue weighted by molar-refractivity contribution is 6.30. The van der Waals surface area contributed by atoms with Crippen molar-refractivity contribution < 1.29 is 4.79 Å². The first-order valence-corrected chi connectivity index (χ1v) is 6.70. The summed E-state index contributed by atoms with van der Waals surface area (Å²) in [5.41, 5.74) is 5.04. The number of carbonyl (C=O) groups excluding carboxylic acids is 1. The minimum atomic E-state index is -0.805. The molecule has 0 unspecified atom stereocenters. The number of pyridine rings is 1. The molecule has 0 atom stereocenters. The fourth-order valence-electron chi connectivity index (χ4n) is 2.10. The molecule has 0 aliphatic carbocycles. The maximum absolute atomic E-state index is 12.1. The number of hydrogen-bond acceptors (Lipinski definition) is 4. The molecule has 6 heteroatoms. The molecule has 0 bridgehead atoms. The highest BCUT2D eigenvalue weighted by atomic mass is 35.5. The molecule has 0 aromatic carbocycles. The molecular weight excluding hydrogens is 264 g/mol. The smallest absolute Gasteiger partial charge is 0.242 e. The van der Waals surface area contributed by atoms with Crippen LogP contribution in [0.4, 0.5) is 5.82 Å². The summed E-state index contributed by atoms with van der Waals surface area (Å²) in [6, 6.07) is 3.72. The lowest BCUT2D eigenvalue weighted by Crippen LogP contribution is -2.57. The Bertz CT molecular complexity index is 447. The van der Waals surface area contributed by atoms with Gasteiger partial charge in [-0.2, -0.15) is 0 Å². The average molecular weight is 283 g/mol. The highest BCUT2D eigenvalue weighted by Crippen LogP contribution is 2.17. The number of amides is 1. The third-order valence-electron chi connectivity index (χ3n) is 3.15. The minimum Gasteiger partial charge on any atom is -0.353 e. The number of carbonyl (C=O) groups is 1. The van der Waals surface area contributed by atoms with Gasteiger partial charge in [0.05, 0.1) is 10.6 Å². The van der Waals surface area contributed by atoms with Crippen molar-refractivity contribution in [2.75, 3.05) is 31.1 Å². The summed E-state index contributed by atoms with van der Waals surface area (Å²) >= 11 is 5.82. The standard InChI is InChI=1S/C13H19ClN4O/c1-13(2,15)12(19)18-7-5-17(6-8-18)11-4-3-10(14)9-16-11/h3-4,9H,5-8,15H2,1-2H3. The second-order valence-corrected chi connectivity index (χ2v) is 5.77. The first-order valence-electron chi connectivity index (χ1n) is 6.33. The summed E-state index contributed by atoms with van der Waals surface area (Å²) in [5.74, 6) is 0.889. The monoisotopic (exact) mass is 282 g/mol. The van der Waals surface area contributed by atoms with Gasteiger partial charge in [-0.05, 0) is 26.0 Å². The lowest BCUT2D eigenvalue weighted by Gasteiger charge is -2.38. The molecule has 0 spiro atoms. The Kier molecular flexibility index (Phi) is 3.96. The first kappa shape index (κ1) is 14.1. The van der Waals surface area contributed by atoms with E-state index >= 15 is 0 Å². The van der Waals surface area contributed by atoms with Crippen LogP contribution in [0.15, 0.2) is 18.3 Å². The minimum absolute atomic E-state index is 0.00350. The Morgan fingerprint density at radius 3 is 2.42 bits per heavy atom. The van der Waals surface area contributed by atoms with Gasteiger partial charge in [0.15, 0.2) is 0 Å². The quantitative estimate of drug-likeness (QED) is 0.883. The average Bonchev–Trinajstić information content (AvgIpc) is 2.38. The molecule has 1 fully saturated rings. The van der Waals surface area contributed by atoms with Crippen molar-refractivity contribution in [2.45, 2.75) is 19.4 Å². The Hall–Kier alpha value is -1.33. The van der Waals surface area contributed by atoms with Crippen molar-refractivity contribution in [2.24, 2.45) is 5.73 Å². The van der Waals surface area contributed by atoms with Gasteiger partial charge in [0.1, 0.15) is 5.82 Å². The summed E-state index contributed by atoms with van der Waals surface area (Å²) in [4.78, 5) is 20.3. The van der Waals surface area contributed by atoms with Gasteiger partial charge in [0, 0.05) is 32.4 Å². The fourth-order valence-corrected chi connectivity index (χ4v) is 2.21. The molecule has 2 rings (SSSR count). The van der Waals surface area contributed by atoms with Crippen LogP contribution in [0.25, 0.3) is 0 Å². The molecule has 1 saturated heterocycles. The van der Waals surface area contributed by atoms with Gasteiger partial charge >= 0.3 is 0 Å². The zero-order chi connectivity index (χ0) is 14.0. The molecule has 1 aliphatic rings. The Balaban J connectivity index is 1.96. The molecule has 19 heavy (non-hydrogen) atoms. The van der Waals surface area contributed by atoms with Gasteiger partial charge < -0.3 is 15.5 Å². The molecule has 1 aliphatic heterocycles. The second kappa shape index (κ2) is 5.35. The van der Waals surface area contributed by atoms with Gasteiger partial charge in [-0.15, -0.1) is 0 Å². The van der Waals surface area contributed by atoms with Crippen LogP contribution >= 0.6 is 11.6 Å². The maximum atomic E-state index is 12.1. The Morgan fingerprint density at radius 1 is 1.32 bits per heavy atom. The second-order valence-electron chi connectivity index (χ2n) is 5.34. The molecule has 1 aromatic rings. The molecule has 2 heterocycles. The summed E-state index contributed by atoms with van der Waals surface area (Å²) in [6.07, 6.45) is 1.64. The normalized spacial score (nSPS) is 16.6. The van der Waals surface area contributed by atoms with Crippen LogP contribution in [-0.4, -0.2) is 47.5 Å². The highest BCUT2D eigenvalue weighted by Gasteiger charge is 2.30. The Labute approximate surface area is 118 Å². The van der Waals surface area contributed by atoms with E-state index in [1.54, 1.807) is 20.0 Å². The van der Waals surface area contributed by atoms with Crippen molar-refractivity contribution in [1.29, 1.82) is 0 Å². The van der Waals surface area contributed by atoms with Crippen LogP contribution in [0.3, 0.4) is 0 Å². The summed E-state index contributed by atoms with van der Waals surface area (Å²) in [6.45, 7) is 6.34. The van der Waals surface area contributed by atoms with Crippen LogP contribution in [0, 0.1) is 0 Å². The van der Waals surface area contributed by atoms with Crippen molar-refractivity contribution >= 4 is 23.3 Å². The molecule has 1 amide bonds. The zero-order valence-corrected chi connectivity index (χ0v) is 12.0. The summed E-state index contributed by atoms with van der Waals surface area (Å²) in [5, 5.41) is 0.627. The molecule has 104 valence electrons. The lowest BCUT2D eigenvalue weighted by atomic mass is 10.0. The number of hydrogen-bond donors (Lipinski definition) is 1. The molecule has 2 N–H and O–H groups in total. The third kappa shape index (κ3) is 3.36. The van der Waals surface area contributed by atoms with Crippen molar-refractivity contribution in [3.63, 3.8) is 0 Å². The third-order valence-corrected chi connectivity index (χ3v) is 3.38. The van der Waals surface area contributed by atoms with Crippen LogP contribution in [0.1, 0.15) is 13.8 Å². The SMILES string of the molecule is CC(C)(N)C(=O)N1CCN(c2ccc(Cl)cn2)CC1. The van der Waals surface area contributed by atoms with Gasteiger partial charge in [0.2, 0.25) is 5.91 Å². The van der Waals surface area contributed by atoms with Crippen LogP contribution in [0.2, 0.25) is 5.02 Å². The number of nitrogens with zero attached hydrogens (tertiary/aromatic N) is 3. The molecule has 0 radical (unpaired) electrons. The van der Waals surface area contributed by atoms with E-state index in [-0.39, 0.29) is 5.91 Å². The van der Waals surface area contributed by atoms with E-state index in [2.05, 4.69) is 9.88 Å². The van der Waals surface area contributed by atoms with E-state index in [1.807, 2.05) is 17.0 Å². The van der Waals surface area contributed by atoms with Crippen molar-refractivity contribution in [3.05, 3.63) is 23.4 Å². The number of aromatic nitrogens is 1. The molecule has 0 saturated carbocycles. The lowest BCUT2D eigenvalue weighted by molar-refractivity contribution is -0.136. The predicted molar refractivity (Wildman–Crippen MR) is 76.3 cm³/mol. The number of nitrogens with two attached hydrogens (primary N) is 1. The van der Waals surface area contributed by atoms with E-state index in [0.29, 0.717) is 18.1 Å². The topological polar surface area (TPSA) is 62.5 Å². The number of halogens is 1. The largest absolute Gasteiger partial charge is 0.353 e. The number of piperazine rings is 1. The first-order chi connectivity index (χ1) is 8.88. The number of rotatable bonds is 2. The van der Waals surface area contributed by atoms with Gasteiger partial charge in [-0.3, -0.25) is 4.79 Å². The van der Waals surface area contributed by atoms with Gasteiger partial charge in [-0.1, -0.05) is 11.6 Å².